The van der Waals surface area contributed by atoms with Gasteiger partial charge in [-0.3, -0.25) is 9.69 Å². The molecule has 0 spiro atoms. The largest absolute Gasteiger partial charge is 0.480 e. The van der Waals surface area contributed by atoms with E-state index >= 15 is 0 Å². The minimum Gasteiger partial charge on any atom is -0.480 e. The molecule has 0 rings (SSSR count). The molecule has 0 aromatic rings. The van der Waals surface area contributed by atoms with Gasteiger partial charge in [-0.1, -0.05) is 0 Å². The molecule has 2 unspecified atom stereocenters. The summed E-state index contributed by atoms with van der Waals surface area (Å²) in [5.74, 6) is -0.832. The molecule has 0 aromatic carbocycles. The standard InChI is InChI=1S/C10H21NO4/c1-8(9(2)15-4)11(5-6-14-3)7-10(12)13/h8-9H,5-7H2,1-4H3,(H,12,13). The average molecular weight is 219 g/mol. The van der Waals surface area contributed by atoms with Crippen molar-refractivity contribution in [3.63, 3.8) is 0 Å². The highest BCUT2D eigenvalue weighted by molar-refractivity contribution is 5.69. The van der Waals surface area contributed by atoms with Crippen LogP contribution in [0.25, 0.3) is 0 Å². The number of nitrogens with zero attached hydrogens (tertiary/aromatic N) is 1. The zero-order valence-electron chi connectivity index (χ0n) is 9.90. The van der Waals surface area contributed by atoms with Crippen LogP contribution in [0.4, 0.5) is 0 Å². The molecule has 0 amide bonds. The van der Waals surface area contributed by atoms with Gasteiger partial charge in [-0.25, -0.2) is 0 Å². The van der Waals surface area contributed by atoms with Crippen LogP contribution in [0.1, 0.15) is 13.8 Å². The highest BCUT2D eigenvalue weighted by atomic mass is 16.5. The molecule has 90 valence electrons. The van der Waals surface area contributed by atoms with E-state index < -0.39 is 5.97 Å². The lowest BCUT2D eigenvalue weighted by Crippen LogP contribution is -2.45. The molecule has 0 aliphatic rings. The van der Waals surface area contributed by atoms with Crippen molar-refractivity contribution in [2.45, 2.75) is 26.0 Å². The number of carbonyl (C=O) groups is 1. The van der Waals surface area contributed by atoms with Crippen LogP contribution in [-0.4, -0.2) is 62.0 Å². The number of aliphatic carboxylic acids is 1. The van der Waals surface area contributed by atoms with Gasteiger partial charge in [0.2, 0.25) is 0 Å². The third-order valence-electron chi connectivity index (χ3n) is 2.55. The zero-order valence-corrected chi connectivity index (χ0v) is 9.90. The van der Waals surface area contributed by atoms with Crippen molar-refractivity contribution >= 4 is 5.97 Å². The second-order valence-electron chi connectivity index (χ2n) is 3.54. The number of carboxylic acids is 1. The van der Waals surface area contributed by atoms with Gasteiger partial charge in [0.15, 0.2) is 0 Å². The number of rotatable bonds is 8. The lowest BCUT2D eigenvalue weighted by atomic mass is 10.2. The Kier molecular flexibility index (Phi) is 7.29. The molecule has 5 nitrogen and oxygen atoms in total. The van der Waals surface area contributed by atoms with E-state index in [1.807, 2.05) is 18.7 Å². The molecule has 0 aliphatic carbocycles. The van der Waals surface area contributed by atoms with Crippen LogP contribution < -0.4 is 0 Å². The molecule has 0 heterocycles. The molecular formula is C10H21NO4. The van der Waals surface area contributed by atoms with E-state index in [2.05, 4.69) is 0 Å². The zero-order chi connectivity index (χ0) is 11.8. The average Bonchev–Trinajstić information content (AvgIpc) is 2.21. The minimum atomic E-state index is -0.832. The van der Waals surface area contributed by atoms with Gasteiger partial charge in [0.05, 0.1) is 19.3 Å². The first-order valence-corrected chi connectivity index (χ1v) is 5.00. The fourth-order valence-electron chi connectivity index (χ4n) is 1.30. The van der Waals surface area contributed by atoms with Crippen LogP contribution >= 0.6 is 0 Å². The SMILES string of the molecule is COCCN(CC(=O)O)C(C)C(C)OC. The summed E-state index contributed by atoms with van der Waals surface area (Å²) < 4.78 is 10.1. The number of ether oxygens (including phenoxy) is 2. The van der Waals surface area contributed by atoms with Crippen molar-refractivity contribution in [1.82, 2.24) is 4.90 Å². The van der Waals surface area contributed by atoms with E-state index in [0.717, 1.165) is 0 Å². The third-order valence-corrected chi connectivity index (χ3v) is 2.55. The van der Waals surface area contributed by atoms with E-state index in [9.17, 15) is 4.79 Å². The van der Waals surface area contributed by atoms with Crippen molar-refractivity contribution in [3.8, 4) is 0 Å². The molecule has 2 atom stereocenters. The van der Waals surface area contributed by atoms with E-state index in [1.54, 1.807) is 14.2 Å². The number of hydrogen-bond donors (Lipinski definition) is 1. The summed E-state index contributed by atoms with van der Waals surface area (Å²) in [7, 11) is 3.22. The smallest absolute Gasteiger partial charge is 0.317 e. The van der Waals surface area contributed by atoms with E-state index in [-0.39, 0.29) is 18.7 Å². The quantitative estimate of drug-likeness (QED) is 0.642. The summed E-state index contributed by atoms with van der Waals surface area (Å²) in [5.41, 5.74) is 0. The Bertz CT molecular complexity index is 186. The van der Waals surface area contributed by atoms with Gasteiger partial charge in [-0.05, 0) is 13.8 Å². The van der Waals surface area contributed by atoms with Crippen LogP contribution in [0.2, 0.25) is 0 Å². The van der Waals surface area contributed by atoms with Crippen LogP contribution in [0.15, 0.2) is 0 Å². The van der Waals surface area contributed by atoms with Crippen molar-refractivity contribution < 1.29 is 19.4 Å². The van der Waals surface area contributed by atoms with Gasteiger partial charge in [0.25, 0.3) is 0 Å². The molecule has 0 saturated heterocycles. The Morgan fingerprint density at radius 2 is 2.00 bits per heavy atom. The fraction of sp³-hybridized carbons (Fsp3) is 0.900. The monoisotopic (exact) mass is 219 g/mol. The van der Waals surface area contributed by atoms with Gasteiger partial charge in [0.1, 0.15) is 0 Å². The predicted molar refractivity (Wildman–Crippen MR) is 57.0 cm³/mol. The van der Waals surface area contributed by atoms with Crippen molar-refractivity contribution in [3.05, 3.63) is 0 Å². The molecule has 15 heavy (non-hydrogen) atoms. The first-order chi connectivity index (χ1) is 7.02. The fourth-order valence-corrected chi connectivity index (χ4v) is 1.30. The molecule has 0 radical (unpaired) electrons. The second-order valence-corrected chi connectivity index (χ2v) is 3.54. The van der Waals surface area contributed by atoms with Gasteiger partial charge >= 0.3 is 5.97 Å². The third kappa shape index (κ3) is 5.71. The van der Waals surface area contributed by atoms with Gasteiger partial charge < -0.3 is 14.6 Å². The summed E-state index contributed by atoms with van der Waals surface area (Å²) in [6, 6.07) is 0.0567. The predicted octanol–water partition coefficient (Wildman–Crippen LogP) is 0.443. The summed E-state index contributed by atoms with van der Waals surface area (Å²) in [4.78, 5) is 12.5. The molecular weight excluding hydrogens is 198 g/mol. The van der Waals surface area contributed by atoms with E-state index in [1.165, 1.54) is 0 Å². The van der Waals surface area contributed by atoms with Gasteiger partial charge in [-0.15, -0.1) is 0 Å². The summed E-state index contributed by atoms with van der Waals surface area (Å²) in [6.45, 7) is 5.00. The number of methoxy groups -OCH3 is 2. The Balaban J connectivity index is 4.25. The number of hydrogen-bond acceptors (Lipinski definition) is 4. The van der Waals surface area contributed by atoms with Gasteiger partial charge in [-0.2, -0.15) is 0 Å². The maximum Gasteiger partial charge on any atom is 0.317 e. The Hall–Kier alpha value is -0.650. The van der Waals surface area contributed by atoms with E-state index in [0.29, 0.717) is 13.2 Å². The summed E-state index contributed by atoms with van der Waals surface area (Å²) >= 11 is 0. The Morgan fingerprint density at radius 1 is 1.40 bits per heavy atom. The maximum absolute atomic E-state index is 10.7. The summed E-state index contributed by atoms with van der Waals surface area (Å²) in [6.07, 6.45) is 0.00112. The lowest BCUT2D eigenvalue weighted by Gasteiger charge is -2.30. The molecule has 0 bridgehead atoms. The van der Waals surface area contributed by atoms with Crippen LogP contribution in [0, 0.1) is 0 Å². The number of carboxylic acid groups (broad SMARTS) is 1. The molecule has 0 fully saturated rings. The normalized spacial score (nSPS) is 15.3. The summed E-state index contributed by atoms with van der Waals surface area (Å²) in [5, 5.41) is 8.76. The second kappa shape index (κ2) is 7.62. The molecule has 1 N–H and O–H groups in total. The highest BCUT2D eigenvalue weighted by Crippen LogP contribution is 2.06. The van der Waals surface area contributed by atoms with E-state index in [4.69, 9.17) is 14.6 Å². The molecule has 5 heteroatoms. The van der Waals surface area contributed by atoms with Crippen LogP contribution in [0.3, 0.4) is 0 Å². The lowest BCUT2D eigenvalue weighted by molar-refractivity contribution is -0.139. The first-order valence-electron chi connectivity index (χ1n) is 5.00. The highest BCUT2D eigenvalue weighted by Gasteiger charge is 2.21. The first kappa shape index (κ1) is 14.3. The molecule has 0 aromatic heterocycles. The van der Waals surface area contributed by atoms with Crippen LogP contribution in [0.5, 0.6) is 0 Å². The molecule has 0 saturated carbocycles. The van der Waals surface area contributed by atoms with Crippen LogP contribution in [-0.2, 0) is 14.3 Å². The maximum atomic E-state index is 10.7. The topological polar surface area (TPSA) is 59.0 Å². The minimum absolute atomic E-state index is 0.00112. The van der Waals surface area contributed by atoms with Gasteiger partial charge in [0, 0.05) is 26.8 Å². The Labute approximate surface area is 91.0 Å². The van der Waals surface area contributed by atoms with Crippen molar-refractivity contribution in [1.29, 1.82) is 0 Å². The van der Waals surface area contributed by atoms with Crippen molar-refractivity contribution in [2.24, 2.45) is 0 Å². The Morgan fingerprint density at radius 3 is 2.40 bits per heavy atom. The van der Waals surface area contributed by atoms with Crippen molar-refractivity contribution in [2.75, 3.05) is 33.9 Å². The molecule has 0 aliphatic heterocycles.